The van der Waals surface area contributed by atoms with E-state index in [0.29, 0.717) is 12.5 Å². The maximum atomic E-state index is 12.0. The largest absolute Gasteiger partial charge is 0.393 e. The Bertz CT molecular complexity index is 319. The number of hydrogen-bond acceptors (Lipinski definition) is 3. The smallest absolute Gasteiger partial charge is 0.234 e. The van der Waals surface area contributed by atoms with Gasteiger partial charge in [0.15, 0.2) is 0 Å². The lowest BCUT2D eigenvalue weighted by atomic mass is 9.86. The van der Waals surface area contributed by atoms with Crippen molar-refractivity contribution in [2.75, 3.05) is 26.2 Å². The highest BCUT2D eigenvalue weighted by Gasteiger charge is 2.23. The molecule has 22 heavy (non-hydrogen) atoms. The Kier molecular flexibility index (Phi) is 7.67. The second-order valence-electron chi connectivity index (χ2n) is 7.35. The molecular weight excluding hydrogens is 276 g/mol. The summed E-state index contributed by atoms with van der Waals surface area (Å²) in [6.45, 7) is 5.10. The van der Waals surface area contributed by atoms with Gasteiger partial charge >= 0.3 is 0 Å². The van der Waals surface area contributed by atoms with Crippen LogP contribution in [0.1, 0.15) is 64.7 Å². The highest BCUT2D eigenvalue weighted by atomic mass is 16.3. The van der Waals surface area contributed by atoms with Gasteiger partial charge in [-0.25, -0.2) is 0 Å². The summed E-state index contributed by atoms with van der Waals surface area (Å²) in [6, 6.07) is 0. The third-order valence-electron chi connectivity index (χ3n) is 5.52. The Morgan fingerprint density at radius 1 is 1.18 bits per heavy atom. The van der Waals surface area contributed by atoms with Crippen LogP contribution in [0.2, 0.25) is 0 Å². The SMILES string of the molecule is CC(O)C1CCN(CC(=O)NCCCC2CCCCC2)CC1. The summed E-state index contributed by atoms with van der Waals surface area (Å²) < 4.78 is 0. The van der Waals surface area contributed by atoms with Crippen LogP contribution in [0.15, 0.2) is 0 Å². The standard InChI is InChI=1S/C18H34N2O2/c1-15(21)17-9-12-20(13-10-17)14-18(22)19-11-5-8-16-6-3-2-4-7-16/h15-17,21H,2-14H2,1H3,(H,19,22). The zero-order valence-electron chi connectivity index (χ0n) is 14.2. The van der Waals surface area contributed by atoms with Crippen LogP contribution < -0.4 is 5.32 Å². The van der Waals surface area contributed by atoms with Gasteiger partial charge in [0.1, 0.15) is 0 Å². The first-order valence-corrected chi connectivity index (χ1v) is 9.32. The molecule has 0 aromatic carbocycles. The summed E-state index contributed by atoms with van der Waals surface area (Å²) in [4.78, 5) is 14.2. The molecule has 1 atom stereocenters. The molecule has 128 valence electrons. The lowest BCUT2D eigenvalue weighted by molar-refractivity contribution is -0.122. The summed E-state index contributed by atoms with van der Waals surface area (Å²) in [5.74, 6) is 1.49. The first-order valence-electron chi connectivity index (χ1n) is 9.32. The van der Waals surface area contributed by atoms with Gasteiger partial charge in [-0.15, -0.1) is 0 Å². The summed E-state index contributed by atoms with van der Waals surface area (Å²) in [5, 5.41) is 12.7. The molecule has 1 saturated heterocycles. The van der Waals surface area contributed by atoms with Crippen molar-refractivity contribution < 1.29 is 9.90 Å². The van der Waals surface area contributed by atoms with Gasteiger partial charge in [0.05, 0.1) is 12.6 Å². The minimum absolute atomic E-state index is 0.166. The van der Waals surface area contributed by atoms with Crippen LogP contribution in [0.5, 0.6) is 0 Å². The van der Waals surface area contributed by atoms with Gasteiger partial charge in [-0.3, -0.25) is 9.69 Å². The predicted octanol–water partition coefficient (Wildman–Crippen LogP) is 2.56. The summed E-state index contributed by atoms with van der Waals surface area (Å²) in [5.41, 5.74) is 0. The third kappa shape index (κ3) is 6.25. The number of hydrogen-bond donors (Lipinski definition) is 2. The molecule has 2 fully saturated rings. The van der Waals surface area contributed by atoms with Crippen molar-refractivity contribution >= 4 is 5.91 Å². The first kappa shape index (κ1) is 17.7. The number of rotatable bonds is 7. The van der Waals surface area contributed by atoms with E-state index in [4.69, 9.17) is 0 Å². The number of piperidine rings is 1. The Morgan fingerprint density at radius 2 is 1.86 bits per heavy atom. The van der Waals surface area contributed by atoms with Crippen LogP contribution in [0.25, 0.3) is 0 Å². The minimum Gasteiger partial charge on any atom is -0.393 e. The van der Waals surface area contributed by atoms with E-state index in [1.54, 1.807) is 0 Å². The molecule has 0 radical (unpaired) electrons. The third-order valence-corrected chi connectivity index (χ3v) is 5.52. The normalized spacial score (nSPS) is 23.4. The van der Waals surface area contributed by atoms with Crippen molar-refractivity contribution in [2.24, 2.45) is 11.8 Å². The molecule has 2 rings (SSSR count). The van der Waals surface area contributed by atoms with Crippen molar-refractivity contribution in [1.82, 2.24) is 10.2 Å². The summed E-state index contributed by atoms with van der Waals surface area (Å²) in [7, 11) is 0. The quantitative estimate of drug-likeness (QED) is 0.711. The lowest BCUT2D eigenvalue weighted by Gasteiger charge is -2.32. The molecule has 1 amide bonds. The van der Waals surface area contributed by atoms with Gasteiger partial charge < -0.3 is 10.4 Å². The van der Waals surface area contributed by atoms with Crippen molar-refractivity contribution in [3.8, 4) is 0 Å². The lowest BCUT2D eigenvalue weighted by Crippen LogP contribution is -2.43. The number of carbonyl (C=O) groups is 1. The fourth-order valence-electron chi connectivity index (χ4n) is 3.95. The Labute approximate surface area is 135 Å². The molecule has 1 aliphatic carbocycles. The van der Waals surface area contributed by atoms with E-state index in [9.17, 15) is 9.90 Å². The molecule has 1 saturated carbocycles. The van der Waals surface area contributed by atoms with Gasteiger partial charge in [-0.05, 0) is 57.5 Å². The zero-order valence-corrected chi connectivity index (χ0v) is 14.2. The highest BCUT2D eigenvalue weighted by molar-refractivity contribution is 5.77. The summed E-state index contributed by atoms with van der Waals surface area (Å²) >= 11 is 0. The summed E-state index contributed by atoms with van der Waals surface area (Å²) in [6.07, 6.45) is 11.2. The van der Waals surface area contributed by atoms with Gasteiger partial charge in [0.25, 0.3) is 0 Å². The van der Waals surface area contributed by atoms with Crippen LogP contribution in [-0.2, 0) is 4.79 Å². The molecule has 4 heteroatoms. The topological polar surface area (TPSA) is 52.6 Å². The van der Waals surface area contributed by atoms with Crippen LogP contribution in [0.3, 0.4) is 0 Å². The monoisotopic (exact) mass is 310 g/mol. The van der Waals surface area contributed by atoms with E-state index in [1.807, 2.05) is 6.92 Å². The van der Waals surface area contributed by atoms with Crippen molar-refractivity contribution in [3.05, 3.63) is 0 Å². The average molecular weight is 310 g/mol. The molecular formula is C18H34N2O2. The molecule has 0 spiro atoms. The number of carbonyl (C=O) groups excluding carboxylic acids is 1. The predicted molar refractivity (Wildman–Crippen MR) is 89.7 cm³/mol. The zero-order chi connectivity index (χ0) is 15.8. The molecule has 1 heterocycles. The fourth-order valence-corrected chi connectivity index (χ4v) is 3.95. The van der Waals surface area contributed by atoms with E-state index < -0.39 is 0 Å². The molecule has 1 aliphatic heterocycles. The first-order chi connectivity index (χ1) is 10.6. The maximum Gasteiger partial charge on any atom is 0.234 e. The maximum absolute atomic E-state index is 12.0. The Hall–Kier alpha value is -0.610. The average Bonchev–Trinajstić information content (AvgIpc) is 2.53. The van der Waals surface area contributed by atoms with Gasteiger partial charge in [0, 0.05) is 6.54 Å². The Morgan fingerprint density at radius 3 is 2.50 bits per heavy atom. The van der Waals surface area contributed by atoms with Crippen molar-refractivity contribution in [3.63, 3.8) is 0 Å². The van der Waals surface area contributed by atoms with E-state index >= 15 is 0 Å². The van der Waals surface area contributed by atoms with Crippen LogP contribution >= 0.6 is 0 Å². The second kappa shape index (κ2) is 9.51. The number of nitrogens with one attached hydrogen (secondary N) is 1. The minimum atomic E-state index is -0.212. The van der Waals surface area contributed by atoms with E-state index in [-0.39, 0.29) is 12.0 Å². The van der Waals surface area contributed by atoms with Gasteiger partial charge in [0.2, 0.25) is 5.91 Å². The molecule has 2 N–H and O–H groups in total. The number of aliphatic hydroxyl groups is 1. The number of likely N-dealkylation sites (tertiary alicyclic amines) is 1. The van der Waals surface area contributed by atoms with Crippen LogP contribution in [0.4, 0.5) is 0 Å². The van der Waals surface area contributed by atoms with E-state index in [2.05, 4.69) is 10.2 Å². The van der Waals surface area contributed by atoms with Crippen molar-refractivity contribution in [1.29, 1.82) is 0 Å². The van der Waals surface area contributed by atoms with Crippen LogP contribution in [0, 0.1) is 11.8 Å². The van der Waals surface area contributed by atoms with Gasteiger partial charge in [-0.1, -0.05) is 32.1 Å². The fraction of sp³-hybridized carbons (Fsp3) is 0.944. The van der Waals surface area contributed by atoms with E-state index in [0.717, 1.165) is 44.8 Å². The molecule has 0 aromatic heterocycles. The molecule has 2 aliphatic rings. The molecule has 0 aromatic rings. The number of amides is 1. The van der Waals surface area contributed by atoms with Crippen LogP contribution in [-0.4, -0.2) is 48.2 Å². The highest BCUT2D eigenvalue weighted by Crippen LogP contribution is 2.27. The second-order valence-corrected chi connectivity index (χ2v) is 7.35. The molecule has 4 nitrogen and oxygen atoms in total. The van der Waals surface area contributed by atoms with E-state index in [1.165, 1.54) is 38.5 Å². The van der Waals surface area contributed by atoms with Gasteiger partial charge in [-0.2, -0.15) is 0 Å². The molecule has 0 bridgehead atoms. The Balaban J connectivity index is 1.51. The van der Waals surface area contributed by atoms with Crippen molar-refractivity contribution in [2.45, 2.75) is 70.8 Å². The number of nitrogens with zero attached hydrogens (tertiary/aromatic N) is 1. The number of aliphatic hydroxyl groups excluding tert-OH is 1. The molecule has 1 unspecified atom stereocenters.